The molecule has 2 saturated heterocycles. The molecule has 0 bridgehead atoms. The highest BCUT2D eigenvalue weighted by Gasteiger charge is 2.41. The molecule has 1 amide bonds. The number of halogens is 3. The van der Waals surface area contributed by atoms with E-state index in [1.807, 2.05) is 16.2 Å². The number of carboxylic acids is 1. The third-order valence-electron chi connectivity index (χ3n) is 4.54. The van der Waals surface area contributed by atoms with E-state index in [-0.39, 0.29) is 11.5 Å². The number of aliphatic carboxylic acids is 1. The van der Waals surface area contributed by atoms with Crippen molar-refractivity contribution >= 4 is 23.2 Å². The maximum atomic E-state index is 11.8. The average molecular weight is 438 g/mol. The smallest absolute Gasteiger partial charge is 0.475 e. The first-order valence-electron chi connectivity index (χ1n) is 9.06. The third-order valence-corrected chi connectivity index (χ3v) is 5.53. The van der Waals surface area contributed by atoms with Gasteiger partial charge in [0.05, 0.1) is 26.4 Å². The van der Waals surface area contributed by atoms with Crippen LogP contribution in [0.2, 0.25) is 0 Å². The fraction of sp³-hybridized carbons (Fsp3) is 0.667. The van der Waals surface area contributed by atoms with Crippen molar-refractivity contribution in [1.82, 2.24) is 9.80 Å². The number of hydrogen-bond donors (Lipinski definition) is 1. The Balaban J connectivity index is 0.000000370. The molecule has 3 heterocycles. The van der Waals surface area contributed by atoms with Crippen molar-refractivity contribution in [3.05, 3.63) is 21.9 Å². The van der Waals surface area contributed by atoms with Crippen LogP contribution in [0.25, 0.3) is 0 Å². The van der Waals surface area contributed by atoms with E-state index in [2.05, 4.69) is 24.0 Å². The third kappa shape index (κ3) is 7.25. The summed E-state index contributed by atoms with van der Waals surface area (Å²) in [5.41, 5.74) is -0.382. The standard InChI is InChI=1S/C16H24N2O3S.C2HF3O2/c1-13-3-4-15(22-13)9-17-5-8-21-16(10-17)11-18(14(2)19)6-7-20-12-16;3-2(4,5)1(6)7/h3-4H,5-12H2,1-2H3;(H,6,7). The maximum Gasteiger partial charge on any atom is 0.490 e. The molecule has 3 rings (SSSR count). The number of amides is 1. The molecule has 0 saturated carbocycles. The number of rotatable bonds is 2. The number of alkyl halides is 3. The summed E-state index contributed by atoms with van der Waals surface area (Å²) in [6.45, 7) is 9.58. The summed E-state index contributed by atoms with van der Waals surface area (Å²) in [5.74, 6) is -2.66. The number of aryl methyl sites for hydroxylation is 1. The van der Waals surface area contributed by atoms with E-state index in [0.29, 0.717) is 32.9 Å². The molecule has 2 fully saturated rings. The summed E-state index contributed by atoms with van der Waals surface area (Å²) in [6.07, 6.45) is -5.08. The molecule has 1 aromatic heterocycles. The van der Waals surface area contributed by atoms with Crippen LogP contribution in [-0.4, -0.2) is 84.6 Å². The summed E-state index contributed by atoms with van der Waals surface area (Å²) in [5, 5.41) is 7.12. The van der Waals surface area contributed by atoms with Gasteiger partial charge in [0.15, 0.2) is 0 Å². The highest BCUT2D eigenvalue weighted by Crippen LogP contribution is 2.25. The summed E-state index contributed by atoms with van der Waals surface area (Å²) < 4.78 is 43.5. The Kier molecular flexibility index (Phi) is 8.03. The van der Waals surface area contributed by atoms with E-state index in [4.69, 9.17) is 19.4 Å². The maximum absolute atomic E-state index is 11.8. The first-order chi connectivity index (χ1) is 13.5. The van der Waals surface area contributed by atoms with Crippen LogP contribution >= 0.6 is 11.3 Å². The van der Waals surface area contributed by atoms with Crippen LogP contribution in [0, 0.1) is 6.92 Å². The van der Waals surface area contributed by atoms with Crippen molar-refractivity contribution < 1.29 is 37.3 Å². The first kappa shape index (κ1) is 23.6. The number of carbonyl (C=O) groups excluding carboxylic acids is 1. The zero-order valence-electron chi connectivity index (χ0n) is 16.3. The van der Waals surface area contributed by atoms with Gasteiger partial charge in [-0.15, -0.1) is 11.3 Å². The topological polar surface area (TPSA) is 79.3 Å². The van der Waals surface area contributed by atoms with E-state index < -0.39 is 12.1 Å². The summed E-state index contributed by atoms with van der Waals surface area (Å²) >= 11 is 1.85. The van der Waals surface area contributed by atoms with Crippen LogP contribution in [0.5, 0.6) is 0 Å². The molecular weight excluding hydrogens is 413 g/mol. The van der Waals surface area contributed by atoms with Gasteiger partial charge in [-0.1, -0.05) is 0 Å². The lowest BCUT2D eigenvalue weighted by atomic mass is 10.0. The van der Waals surface area contributed by atoms with Crippen molar-refractivity contribution in [2.24, 2.45) is 0 Å². The van der Waals surface area contributed by atoms with Crippen LogP contribution in [0.1, 0.15) is 16.7 Å². The van der Waals surface area contributed by atoms with Crippen molar-refractivity contribution in [1.29, 1.82) is 0 Å². The van der Waals surface area contributed by atoms with Gasteiger partial charge < -0.3 is 19.5 Å². The summed E-state index contributed by atoms with van der Waals surface area (Å²) in [6, 6.07) is 4.37. The molecule has 164 valence electrons. The number of nitrogens with zero attached hydrogens (tertiary/aromatic N) is 2. The molecule has 0 radical (unpaired) electrons. The van der Waals surface area contributed by atoms with Crippen LogP contribution in [0.3, 0.4) is 0 Å². The lowest BCUT2D eigenvalue weighted by Gasteiger charge is -2.43. The summed E-state index contributed by atoms with van der Waals surface area (Å²) in [4.78, 5) is 27.7. The predicted molar refractivity (Wildman–Crippen MR) is 99.8 cm³/mol. The molecule has 2 aliphatic rings. The zero-order valence-corrected chi connectivity index (χ0v) is 17.1. The van der Waals surface area contributed by atoms with Crippen molar-refractivity contribution in [3.63, 3.8) is 0 Å². The van der Waals surface area contributed by atoms with Crippen molar-refractivity contribution in [3.8, 4) is 0 Å². The van der Waals surface area contributed by atoms with Gasteiger partial charge in [-0.3, -0.25) is 9.69 Å². The Bertz CT molecular complexity index is 712. The molecule has 2 aliphatic heterocycles. The monoisotopic (exact) mass is 438 g/mol. The fourth-order valence-electron chi connectivity index (χ4n) is 3.21. The first-order valence-corrected chi connectivity index (χ1v) is 9.87. The number of hydrogen-bond acceptors (Lipinski definition) is 6. The van der Waals surface area contributed by atoms with Gasteiger partial charge in [0, 0.05) is 42.9 Å². The second-order valence-corrected chi connectivity index (χ2v) is 8.42. The van der Waals surface area contributed by atoms with Gasteiger partial charge >= 0.3 is 12.1 Å². The lowest BCUT2D eigenvalue weighted by molar-refractivity contribution is -0.192. The average Bonchev–Trinajstić information content (AvgIpc) is 2.91. The highest BCUT2D eigenvalue weighted by atomic mass is 32.1. The Morgan fingerprint density at radius 2 is 1.93 bits per heavy atom. The Morgan fingerprint density at radius 3 is 2.48 bits per heavy atom. The normalized spacial score (nSPS) is 23.3. The number of ether oxygens (including phenoxy) is 2. The quantitative estimate of drug-likeness (QED) is 0.762. The van der Waals surface area contributed by atoms with Crippen LogP contribution < -0.4 is 0 Å². The van der Waals surface area contributed by atoms with Crippen LogP contribution in [0.4, 0.5) is 13.2 Å². The number of thiophene rings is 1. The molecule has 1 unspecified atom stereocenters. The van der Waals surface area contributed by atoms with Gasteiger partial charge in [-0.25, -0.2) is 4.79 Å². The Morgan fingerprint density at radius 1 is 1.24 bits per heavy atom. The van der Waals surface area contributed by atoms with E-state index >= 15 is 0 Å². The number of carboxylic acid groups (broad SMARTS) is 1. The molecule has 1 atom stereocenters. The van der Waals surface area contributed by atoms with E-state index in [0.717, 1.165) is 19.6 Å². The zero-order chi connectivity index (χ0) is 21.7. The van der Waals surface area contributed by atoms with Gasteiger partial charge in [-0.05, 0) is 19.1 Å². The predicted octanol–water partition coefficient (Wildman–Crippen LogP) is 2.14. The van der Waals surface area contributed by atoms with E-state index in [1.165, 1.54) is 9.75 Å². The highest BCUT2D eigenvalue weighted by molar-refractivity contribution is 7.11. The Hall–Kier alpha value is -1.69. The number of morpholine rings is 1. The molecule has 0 aromatic carbocycles. The second-order valence-electron chi connectivity index (χ2n) is 7.05. The molecule has 1 spiro atoms. The minimum absolute atomic E-state index is 0.0967. The van der Waals surface area contributed by atoms with E-state index in [9.17, 15) is 18.0 Å². The molecule has 7 nitrogen and oxygen atoms in total. The minimum atomic E-state index is -5.08. The van der Waals surface area contributed by atoms with Gasteiger partial charge in [0.1, 0.15) is 5.60 Å². The molecular formula is C18H25F3N2O5S. The molecule has 1 N–H and O–H groups in total. The molecule has 0 aliphatic carbocycles. The van der Waals surface area contributed by atoms with Crippen LogP contribution in [-0.2, 0) is 25.6 Å². The van der Waals surface area contributed by atoms with Gasteiger partial charge in [-0.2, -0.15) is 13.2 Å². The van der Waals surface area contributed by atoms with Crippen molar-refractivity contribution in [2.45, 2.75) is 32.2 Å². The largest absolute Gasteiger partial charge is 0.490 e. The number of carbonyl (C=O) groups is 2. The van der Waals surface area contributed by atoms with Crippen LogP contribution in [0.15, 0.2) is 12.1 Å². The van der Waals surface area contributed by atoms with Crippen molar-refractivity contribution in [2.75, 3.05) is 46.0 Å². The Labute approximate surface area is 171 Å². The molecule has 29 heavy (non-hydrogen) atoms. The van der Waals surface area contributed by atoms with Gasteiger partial charge in [0.25, 0.3) is 0 Å². The lowest BCUT2D eigenvalue weighted by Crippen LogP contribution is -2.58. The van der Waals surface area contributed by atoms with E-state index in [1.54, 1.807) is 6.92 Å². The molecule has 1 aromatic rings. The second kappa shape index (κ2) is 9.88. The fourth-order valence-corrected chi connectivity index (χ4v) is 4.14. The summed E-state index contributed by atoms with van der Waals surface area (Å²) in [7, 11) is 0. The van der Waals surface area contributed by atoms with Gasteiger partial charge in [0.2, 0.25) is 5.91 Å². The minimum Gasteiger partial charge on any atom is -0.475 e. The molecule has 11 heteroatoms. The SMILES string of the molecule is CC(=O)N1CCOCC2(CN(Cc3ccc(C)s3)CCO2)C1.O=C(O)C(F)(F)F.